The van der Waals surface area contributed by atoms with Crippen LogP contribution >= 0.6 is 0 Å². The Morgan fingerprint density at radius 3 is 2.36 bits per heavy atom. The first-order chi connectivity index (χ1) is 6.44. The molecule has 0 atom stereocenters. The Bertz CT molecular complexity index is 243. The average molecular weight is 210 g/mol. The van der Waals surface area contributed by atoms with Crippen LogP contribution in [0.5, 0.6) is 0 Å². The van der Waals surface area contributed by atoms with Crippen molar-refractivity contribution in [2.45, 2.75) is 19.5 Å². The van der Waals surface area contributed by atoms with Gasteiger partial charge in [-0.2, -0.15) is 17.6 Å². The maximum absolute atomic E-state index is 12.3. The van der Waals surface area contributed by atoms with Gasteiger partial charge in [0.25, 0.3) is 0 Å². The molecular weight excluding hydrogens is 200 g/mol. The van der Waals surface area contributed by atoms with E-state index in [0.29, 0.717) is 0 Å². The second-order valence-electron chi connectivity index (χ2n) is 2.26. The van der Waals surface area contributed by atoms with E-state index < -0.39 is 18.3 Å². The largest absolute Gasteiger partial charge is 0.461 e. The Balaban J connectivity index is 4.54. The summed E-state index contributed by atoms with van der Waals surface area (Å²) in [6.45, 7) is 4.79. The minimum absolute atomic E-state index is 0.409. The number of alkyl halides is 4. The average Bonchev–Trinajstić information content (AvgIpc) is 2.11. The lowest BCUT2D eigenvalue weighted by Gasteiger charge is -2.16. The van der Waals surface area contributed by atoms with Crippen molar-refractivity contribution in [2.75, 3.05) is 0 Å². The van der Waals surface area contributed by atoms with Crippen molar-refractivity contribution < 1.29 is 22.3 Å². The van der Waals surface area contributed by atoms with Crippen LogP contribution in [-0.2, 0) is 4.74 Å². The maximum Gasteiger partial charge on any atom is 0.461 e. The highest BCUT2D eigenvalue weighted by molar-refractivity contribution is 5.16. The molecule has 0 unspecified atom stereocenters. The van der Waals surface area contributed by atoms with Gasteiger partial charge in [-0.05, 0) is 19.1 Å². The predicted molar refractivity (Wildman–Crippen MR) is 45.1 cm³/mol. The molecule has 0 N–H and O–H groups in total. The third-order valence-electron chi connectivity index (χ3n) is 1.16. The van der Waals surface area contributed by atoms with Crippen LogP contribution in [0, 0.1) is 0 Å². The quantitative estimate of drug-likeness (QED) is 0.383. The second kappa shape index (κ2) is 5.47. The van der Waals surface area contributed by atoms with Crippen molar-refractivity contribution >= 4 is 0 Å². The predicted octanol–water partition coefficient (Wildman–Crippen LogP) is 3.51. The molecule has 14 heavy (non-hydrogen) atoms. The van der Waals surface area contributed by atoms with E-state index in [-0.39, 0.29) is 0 Å². The van der Waals surface area contributed by atoms with E-state index in [9.17, 15) is 17.6 Å². The topological polar surface area (TPSA) is 9.23 Å². The van der Waals surface area contributed by atoms with Gasteiger partial charge in [-0.15, -0.1) is 0 Å². The van der Waals surface area contributed by atoms with E-state index in [1.807, 2.05) is 0 Å². The van der Waals surface area contributed by atoms with Gasteiger partial charge < -0.3 is 4.74 Å². The van der Waals surface area contributed by atoms with Crippen molar-refractivity contribution in [3.8, 4) is 0 Å². The van der Waals surface area contributed by atoms with Gasteiger partial charge in [0.2, 0.25) is 0 Å². The molecule has 0 aromatic rings. The fourth-order valence-corrected chi connectivity index (χ4v) is 0.536. The molecule has 0 aromatic heterocycles. The van der Waals surface area contributed by atoms with Crippen LogP contribution in [0.4, 0.5) is 17.6 Å². The van der Waals surface area contributed by atoms with Gasteiger partial charge in [0.1, 0.15) is 5.76 Å². The van der Waals surface area contributed by atoms with Crippen molar-refractivity contribution in [1.29, 1.82) is 0 Å². The Morgan fingerprint density at radius 2 is 2.00 bits per heavy atom. The van der Waals surface area contributed by atoms with Crippen LogP contribution in [0.1, 0.15) is 6.92 Å². The van der Waals surface area contributed by atoms with E-state index in [1.54, 1.807) is 6.92 Å². The lowest BCUT2D eigenvalue weighted by atomic mass is 10.4. The molecule has 0 spiro atoms. The SMILES string of the molecule is C=C/C(=C\C=C/C)OC(F)(F)C(F)F. The highest BCUT2D eigenvalue weighted by Crippen LogP contribution is 2.27. The van der Waals surface area contributed by atoms with Crippen LogP contribution in [-0.4, -0.2) is 12.5 Å². The molecule has 1 nitrogen and oxygen atoms in total. The molecular formula is C9H10F4O. The number of hydrogen-bond acceptors (Lipinski definition) is 1. The van der Waals surface area contributed by atoms with E-state index in [0.717, 1.165) is 12.2 Å². The zero-order chi connectivity index (χ0) is 11.2. The van der Waals surface area contributed by atoms with Crippen LogP contribution in [0.25, 0.3) is 0 Å². The van der Waals surface area contributed by atoms with E-state index in [2.05, 4.69) is 11.3 Å². The molecule has 0 aliphatic heterocycles. The third kappa shape index (κ3) is 4.11. The summed E-state index contributed by atoms with van der Waals surface area (Å²) in [7, 11) is 0. The van der Waals surface area contributed by atoms with Crippen LogP contribution in [0.3, 0.4) is 0 Å². The number of allylic oxidation sites excluding steroid dienone is 4. The Morgan fingerprint density at radius 1 is 1.43 bits per heavy atom. The van der Waals surface area contributed by atoms with Gasteiger partial charge in [0.05, 0.1) is 0 Å². The zero-order valence-electron chi connectivity index (χ0n) is 7.51. The minimum atomic E-state index is -4.48. The Labute approximate surface area is 79.4 Å². The molecule has 0 bridgehead atoms. The van der Waals surface area contributed by atoms with Gasteiger partial charge in [-0.25, -0.2) is 0 Å². The lowest BCUT2D eigenvalue weighted by Crippen LogP contribution is -2.29. The first-order valence-electron chi connectivity index (χ1n) is 3.74. The fourth-order valence-electron chi connectivity index (χ4n) is 0.536. The molecule has 0 saturated heterocycles. The van der Waals surface area contributed by atoms with Gasteiger partial charge in [0, 0.05) is 0 Å². The third-order valence-corrected chi connectivity index (χ3v) is 1.16. The smallest absolute Gasteiger partial charge is 0.428 e. The molecule has 80 valence electrons. The van der Waals surface area contributed by atoms with Crippen molar-refractivity contribution in [2.24, 2.45) is 0 Å². The van der Waals surface area contributed by atoms with Gasteiger partial charge in [-0.1, -0.05) is 18.7 Å². The molecule has 0 fully saturated rings. The van der Waals surface area contributed by atoms with E-state index >= 15 is 0 Å². The first-order valence-corrected chi connectivity index (χ1v) is 3.74. The molecule has 0 rings (SSSR count). The summed E-state index contributed by atoms with van der Waals surface area (Å²) in [5, 5.41) is 0. The van der Waals surface area contributed by atoms with Gasteiger partial charge >= 0.3 is 12.5 Å². The molecule has 0 aliphatic carbocycles. The number of hydrogen-bond donors (Lipinski definition) is 0. The number of rotatable bonds is 5. The summed E-state index contributed by atoms with van der Waals surface area (Å²) in [6, 6.07) is 0. The fraction of sp³-hybridized carbons (Fsp3) is 0.333. The number of ether oxygens (including phenoxy) is 1. The van der Waals surface area contributed by atoms with Gasteiger partial charge in [-0.3, -0.25) is 0 Å². The first kappa shape index (κ1) is 12.7. The summed E-state index contributed by atoms with van der Waals surface area (Å²) < 4.78 is 51.8. The molecule has 0 radical (unpaired) electrons. The summed E-state index contributed by atoms with van der Waals surface area (Å²) in [4.78, 5) is 0. The minimum Gasteiger partial charge on any atom is -0.428 e. The normalized spacial score (nSPS) is 13.7. The lowest BCUT2D eigenvalue weighted by molar-refractivity contribution is -0.279. The van der Waals surface area contributed by atoms with E-state index in [1.165, 1.54) is 12.2 Å². The van der Waals surface area contributed by atoms with Crippen LogP contribution in [0.15, 0.2) is 36.6 Å². The van der Waals surface area contributed by atoms with Gasteiger partial charge in [0.15, 0.2) is 0 Å². The summed E-state index contributed by atoms with van der Waals surface area (Å²) >= 11 is 0. The molecule has 0 aliphatic rings. The standard InChI is InChI=1S/C9H10F4O/c1-3-5-6-7(4-2)14-9(12,13)8(10)11/h3-6,8H,2H2,1H3/b5-3-,7-6+. The van der Waals surface area contributed by atoms with E-state index in [4.69, 9.17) is 0 Å². The van der Waals surface area contributed by atoms with Crippen LogP contribution < -0.4 is 0 Å². The molecule has 0 aromatic carbocycles. The second-order valence-corrected chi connectivity index (χ2v) is 2.26. The molecule has 0 saturated carbocycles. The van der Waals surface area contributed by atoms with Crippen molar-refractivity contribution in [3.05, 3.63) is 36.6 Å². The summed E-state index contributed by atoms with van der Waals surface area (Å²) in [6.07, 6.45) is -3.40. The van der Waals surface area contributed by atoms with Crippen LogP contribution in [0.2, 0.25) is 0 Å². The molecule has 0 heterocycles. The Kier molecular flexibility index (Phi) is 4.97. The number of halogens is 4. The molecule has 0 amide bonds. The van der Waals surface area contributed by atoms with Crippen molar-refractivity contribution in [3.63, 3.8) is 0 Å². The maximum atomic E-state index is 12.3. The highest BCUT2D eigenvalue weighted by Gasteiger charge is 2.44. The molecule has 5 heteroatoms. The Hall–Kier alpha value is -1.26. The van der Waals surface area contributed by atoms with Crippen molar-refractivity contribution in [1.82, 2.24) is 0 Å². The zero-order valence-corrected chi connectivity index (χ0v) is 7.51. The summed E-state index contributed by atoms with van der Waals surface area (Å²) in [5.41, 5.74) is 0. The highest BCUT2D eigenvalue weighted by atomic mass is 19.3. The monoisotopic (exact) mass is 210 g/mol. The summed E-state index contributed by atoms with van der Waals surface area (Å²) in [5.74, 6) is -0.409.